The summed E-state index contributed by atoms with van der Waals surface area (Å²) < 4.78 is 0. The lowest BCUT2D eigenvalue weighted by atomic mass is 10.2. The van der Waals surface area contributed by atoms with E-state index in [9.17, 15) is 4.79 Å². The van der Waals surface area contributed by atoms with Crippen LogP contribution in [0.5, 0.6) is 0 Å². The van der Waals surface area contributed by atoms with E-state index in [-0.39, 0.29) is 24.4 Å². The molecule has 1 unspecified atom stereocenters. The Balaban J connectivity index is 0.00000288. The van der Waals surface area contributed by atoms with E-state index in [1.54, 1.807) is 5.38 Å². The van der Waals surface area contributed by atoms with Gasteiger partial charge in [0.05, 0.1) is 5.01 Å². The Morgan fingerprint density at radius 2 is 2.08 bits per heavy atom. The third-order valence-corrected chi connectivity index (χ3v) is 4.31. The maximum atomic E-state index is 12.2. The van der Waals surface area contributed by atoms with Gasteiger partial charge in [0.15, 0.2) is 0 Å². The van der Waals surface area contributed by atoms with Crippen LogP contribution in [0.4, 0.5) is 0 Å². The first-order chi connectivity index (χ1) is 11.1. The number of thiazole rings is 1. The number of hydrogen-bond donors (Lipinski definition) is 2. The maximum absolute atomic E-state index is 12.2. The van der Waals surface area contributed by atoms with Gasteiger partial charge in [-0.15, -0.1) is 23.7 Å². The molecule has 1 heterocycles. The van der Waals surface area contributed by atoms with Gasteiger partial charge in [0.2, 0.25) is 0 Å². The summed E-state index contributed by atoms with van der Waals surface area (Å²) in [6, 6.07) is 10.3. The van der Waals surface area contributed by atoms with Crippen LogP contribution in [0.1, 0.15) is 28.0 Å². The molecule has 0 aliphatic rings. The summed E-state index contributed by atoms with van der Waals surface area (Å²) in [4.78, 5) is 18.7. The minimum atomic E-state index is -0.120. The van der Waals surface area contributed by atoms with Crippen molar-refractivity contribution < 1.29 is 4.79 Å². The Bertz CT molecular complexity index is 620. The molecule has 24 heavy (non-hydrogen) atoms. The van der Waals surface area contributed by atoms with Crippen LogP contribution < -0.4 is 11.1 Å². The minimum Gasteiger partial charge on any atom is -0.347 e. The Morgan fingerprint density at radius 1 is 1.38 bits per heavy atom. The van der Waals surface area contributed by atoms with E-state index in [2.05, 4.69) is 34.4 Å². The number of aromatic nitrogens is 1. The van der Waals surface area contributed by atoms with E-state index in [0.717, 1.165) is 18.1 Å². The number of carbonyl (C=O) groups is 1. The highest BCUT2D eigenvalue weighted by atomic mass is 35.5. The predicted molar refractivity (Wildman–Crippen MR) is 102 cm³/mol. The number of nitrogens with one attached hydrogen (secondary N) is 1. The van der Waals surface area contributed by atoms with Crippen LogP contribution in [-0.4, -0.2) is 42.0 Å². The topological polar surface area (TPSA) is 71.2 Å². The Kier molecular flexibility index (Phi) is 8.92. The first-order valence-electron chi connectivity index (χ1n) is 7.76. The Morgan fingerprint density at radius 3 is 2.75 bits per heavy atom. The summed E-state index contributed by atoms with van der Waals surface area (Å²) in [7, 11) is 2.05. The van der Waals surface area contributed by atoms with Crippen molar-refractivity contribution in [3.05, 3.63) is 52.0 Å². The minimum absolute atomic E-state index is 0. The lowest BCUT2D eigenvalue weighted by Crippen LogP contribution is -2.40. The first-order valence-corrected chi connectivity index (χ1v) is 8.64. The molecule has 1 aromatic carbocycles. The van der Waals surface area contributed by atoms with Gasteiger partial charge in [0.1, 0.15) is 5.69 Å². The lowest BCUT2D eigenvalue weighted by Gasteiger charge is -2.22. The number of hydrogen-bond acceptors (Lipinski definition) is 5. The van der Waals surface area contributed by atoms with Gasteiger partial charge in [-0.2, -0.15) is 0 Å². The van der Waals surface area contributed by atoms with Crippen molar-refractivity contribution >= 4 is 29.7 Å². The molecule has 0 saturated heterocycles. The number of rotatable bonds is 8. The quantitative estimate of drug-likeness (QED) is 0.750. The number of halogens is 1. The van der Waals surface area contributed by atoms with Crippen molar-refractivity contribution in [1.29, 1.82) is 0 Å². The molecule has 2 rings (SSSR count). The molecule has 0 aliphatic carbocycles. The monoisotopic (exact) mass is 368 g/mol. The molecule has 132 valence electrons. The van der Waals surface area contributed by atoms with E-state index in [0.29, 0.717) is 18.7 Å². The molecule has 1 atom stereocenters. The molecule has 1 amide bonds. The number of benzene rings is 1. The zero-order chi connectivity index (χ0) is 16.7. The van der Waals surface area contributed by atoms with Crippen LogP contribution >= 0.6 is 23.7 Å². The number of amides is 1. The molecule has 7 heteroatoms. The maximum Gasteiger partial charge on any atom is 0.271 e. The molecule has 0 bridgehead atoms. The molecule has 3 N–H and O–H groups in total. The summed E-state index contributed by atoms with van der Waals surface area (Å²) in [6.45, 7) is 4.20. The Labute approximate surface area is 153 Å². The van der Waals surface area contributed by atoms with Crippen LogP contribution in [0.3, 0.4) is 0 Å². The van der Waals surface area contributed by atoms with Crippen LogP contribution in [0.15, 0.2) is 35.7 Å². The largest absolute Gasteiger partial charge is 0.347 e. The average molecular weight is 369 g/mol. The fourth-order valence-electron chi connectivity index (χ4n) is 2.42. The average Bonchev–Trinajstić information content (AvgIpc) is 2.97. The number of carbonyl (C=O) groups excluding carboxylic acids is 1. The smallest absolute Gasteiger partial charge is 0.271 e. The van der Waals surface area contributed by atoms with Crippen molar-refractivity contribution in [3.63, 3.8) is 0 Å². The summed E-state index contributed by atoms with van der Waals surface area (Å²) >= 11 is 1.48. The molecular formula is C17H25ClN4OS. The number of nitrogens with zero attached hydrogens (tertiary/aromatic N) is 2. The van der Waals surface area contributed by atoms with Crippen molar-refractivity contribution in [2.75, 3.05) is 20.1 Å². The first kappa shape index (κ1) is 20.6. The molecule has 0 fully saturated rings. The van der Waals surface area contributed by atoms with Gasteiger partial charge in [-0.25, -0.2) is 4.98 Å². The van der Waals surface area contributed by atoms with Crippen molar-refractivity contribution in [1.82, 2.24) is 15.2 Å². The molecule has 0 radical (unpaired) electrons. The number of nitrogens with two attached hydrogens (primary N) is 1. The van der Waals surface area contributed by atoms with Crippen molar-refractivity contribution in [2.24, 2.45) is 5.73 Å². The van der Waals surface area contributed by atoms with E-state index in [1.165, 1.54) is 16.9 Å². The third-order valence-electron chi connectivity index (χ3n) is 3.40. The second kappa shape index (κ2) is 10.4. The van der Waals surface area contributed by atoms with Crippen LogP contribution in [0.25, 0.3) is 0 Å². The predicted octanol–water partition coefficient (Wildman–Crippen LogP) is 2.32. The highest BCUT2D eigenvalue weighted by molar-refractivity contribution is 7.09. The highest BCUT2D eigenvalue weighted by Gasteiger charge is 2.14. The molecule has 0 saturated carbocycles. The third kappa shape index (κ3) is 6.57. The van der Waals surface area contributed by atoms with Crippen LogP contribution in [0.2, 0.25) is 0 Å². The molecule has 2 aromatic rings. The molecule has 0 aliphatic heterocycles. The molecule has 1 aromatic heterocycles. The second-order valence-corrected chi connectivity index (χ2v) is 6.66. The van der Waals surface area contributed by atoms with Gasteiger partial charge in [-0.3, -0.25) is 4.79 Å². The fraction of sp³-hybridized carbons (Fsp3) is 0.412. The van der Waals surface area contributed by atoms with Gasteiger partial charge >= 0.3 is 0 Å². The zero-order valence-electron chi connectivity index (χ0n) is 14.1. The highest BCUT2D eigenvalue weighted by Crippen LogP contribution is 2.10. The van der Waals surface area contributed by atoms with Gasteiger partial charge in [-0.05, 0) is 26.1 Å². The van der Waals surface area contributed by atoms with Crippen molar-refractivity contribution in [3.8, 4) is 0 Å². The van der Waals surface area contributed by atoms with Crippen LogP contribution in [0, 0.1) is 0 Å². The summed E-state index contributed by atoms with van der Waals surface area (Å²) in [5.74, 6) is -0.120. The summed E-state index contributed by atoms with van der Waals surface area (Å²) in [5.41, 5.74) is 7.25. The van der Waals surface area contributed by atoms with Crippen molar-refractivity contribution in [2.45, 2.75) is 25.9 Å². The molecular weight excluding hydrogens is 344 g/mol. The van der Waals surface area contributed by atoms with Gasteiger partial charge in [0.25, 0.3) is 5.91 Å². The van der Waals surface area contributed by atoms with Gasteiger partial charge < -0.3 is 16.0 Å². The van der Waals surface area contributed by atoms with E-state index < -0.39 is 0 Å². The SMILES string of the molecule is CC(CN(C)Cc1ccccc1)NC(=O)c1csc(CCN)n1.Cl. The summed E-state index contributed by atoms with van der Waals surface area (Å²) in [6.07, 6.45) is 0.716. The summed E-state index contributed by atoms with van der Waals surface area (Å²) in [5, 5.41) is 5.70. The Hall–Kier alpha value is -1.47. The van der Waals surface area contributed by atoms with E-state index in [4.69, 9.17) is 5.73 Å². The molecule has 5 nitrogen and oxygen atoms in total. The second-order valence-electron chi connectivity index (χ2n) is 5.72. The number of likely N-dealkylation sites (N-methyl/N-ethyl adjacent to an activating group) is 1. The van der Waals surface area contributed by atoms with Crippen LogP contribution in [-0.2, 0) is 13.0 Å². The lowest BCUT2D eigenvalue weighted by molar-refractivity contribution is 0.0927. The zero-order valence-corrected chi connectivity index (χ0v) is 15.7. The fourth-order valence-corrected chi connectivity index (χ4v) is 3.22. The van der Waals surface area contributed by atoms with Gasteiger partial charge in [0, 0.05) is 30.9 Å². The van der Waals surface area contributed by atoms with E-state index >= 15 is 0 Å². The standard InChI is InChI=1S/C17H24N4OS.ClH/c1-13(10-21(2)11-14-6-4-3-5-7-14)19-17(22)15-12-23-16(20-15)8-9-18;/h3-7,12-13H,8-11,18H2,1-2H3,(H,19,22);1H. The normalized spacial score (nSPS) is 11.8. The molecule has 0 spiro atoms. The van der Waals surface area contributed by atoms with E-state index in [1.807, 2.05) is 25.1 Å². The van der Waals surface area contributed by atoms with Gasteiger partial charge in [-0.1, -0.05) is 30.3 Å².